The lowest BCUT2D eigenvalue weighted by Gasteiger charge is -2.18. The number of benzene rings is 1. The van der Waals surface area contributed by atoms with Crippen LogP contribution in [0.25, 0.3) is 5.78 Å². The molecule has 1 aromatic carbocycles. The van der Waals surface area contributed by atoms with Crippen molar-refractivity contribution in [2.75, 3.05) is 13.3 Å². The number of hydrogen-bond acceptors (Lipinski definition) is 5. The van der Waals surface area contributed by atoms with Gasteiger partial charge in [-0.1, -0.05) is 41.6 Å². The summed E-state index contributed by atoms with van der Waals surface area (Å²) in [7, 11) is 1.80. The van der Waals surface area contributed by atoms with Crippen LogP contribution in [-0.2, 0) is 17.8 Å². The molecule has 3 rings (SSSR count). The van der Waals surface area contributed by atoms with Crippen molar-refractivity contribution >= 4 is 35.0 Å². The van der Waals surface area contributed by atoms with Crippen molar-refractivity contribution in [2.24, 2.45) is 0 Å². The van der Waals surface area contributed by atoms with Crippen molar-refractivity contribution in [3.8, 4) is 0 Å². The van der Waals surface area contributed by atoms with Crippen molar-refractivity contribution in [1.82, 2.24) is 24.5 Å². The highest BCUT2D eigenvalue weighted by Gasteiger charge is 2.16. The summed E-state index contributed by atoms with van der Waals surface area (Å²) in [6, 6.07) is 7.58. The molecule has 0 aliphatic rings. The Morgan fingerprint density at radius 2 is 2.00 bits per heavy atom. The molecule has 0 radical (unpaired) electrons. The Morgan fingerprint density at radius 3 is 2.70 bits per heavy atom. The molecule has 6 nitrogen and oxygen atoms in total. The molecule has 0 fully saturated rings. The van der Waals surface area contributed by atoms with E-state index in [1.54, 1.807) is 16.5 Å². The highest BCUT2D eigenvalue weighted by atomic mass is 35.5. The van der Waals surface area contributed by atoms with Crippen molar-refractivity contribution in [3.05, 3.63) is 51.8 Å². The number of fused-ring (bicyclic) bond motifs is 1. The minimum Gasteiger partial charge on any atom is -0.341 e. The lowest BCUT2D eigenvalue weighted by Crippen LogP contribution is -2.26. The maximum atomic E-state index is 12.6. The van der Waals surface area contributed by atoms with Gasteiger partial charge in [-0.15, -0.1) is 5.10 Å². The standard InChI is InChI=1S/C19H22ClN5OS/c1-12-15(13(2)25-18(21-12)22-19(23-25)27-4)9-10-17(26)24(3)11-14-7-5-6-8-16(14)20/h5-8H,9-11H2,1-4H3. The molecular weight excluding hydrogens is 382 g/mol. The van der Waals surface area contributed by atoms with Gasteiger partial charge in [0, 0.05) is 36.4 Å². The SMILES string of the molecule is CSc1nc2nc(C)c(CCC(=O)N(C)Cc3ccccc3Cl)c(C)n2n1. The van der Waals surface area contributed by atoms with Crippen molar-refractivity contribution in [3.63, 3.8) is 0 Å². The number of nitrogens with zero attached hydrogens (tertiary/aromatic N) is 5. The molecule has 8 heteroatoms. The van der Waals surface area contributed by atoms with Crippen LogP contribution in [0.2, 0.25) is 5.02 Å². The summed E-state index contributed by atoms with van der Waals surface area (Å²) in [5, 5.41) is 5.82. The van der Waals surface area contributed by atoms with Gasteiger partial charge in [-0.3, -0.25) is 4.79 Å². The molecule has 142 valence electrons. The summed E-state index contributed by atoms with van der Waals surface area (Å²) >= 11 is 7.68. The molecule has 0 aliphatic heterocycles. The number of carbonyl (C=O) groups excluding carboxylic acids is 1. The van der Waals surface area contributed by atoms with Crippen molar-refractivity contribution < 1.29 is 4.79 Å². The van der Waals surface area contributed by atoms with E-state index < -0.39 is 0 Å². The van der Waals surface area contributed by atoms with Crippen LogP contribution in [0.3, 0.4) is 0 Å². The summed E-state index contributed by atoms with van der Waals surface area (Å²) in [6.07, 6.45) is 2.95. The van der Waals surface area contributed by atoms with Crippen LogP contribution in [0, 0.1) is 13.8 Å². The number of aryl methyl sites for hydroxylation is 2. The topological polar surface area (TPSA) is 63.4 Å². The molecule has 0 unspecified atom stereocenters. The normalized spacial score (nSPS) is 11.1. The Kier molecular flexibility index (Phi) is 6.01. The lowest BCUT2D eigenvalue weighted by molar-refractivity contribution is -0.130. The number of aromatic nitrogens is 4. The van der Waals surface area contributed by atoms with E-state index in [9.17, 15) is 4.79 Å². The molecule has 27 heavy (non-hydrogen) atoms. The van der Waals surface area contributed by atoms with E-state index in [-0.39, 0.29) is 5.91 Å². The molecule has 2 aromatic heterocycles. The van der Waals surface area contributed by atoms with Gasteiger partial charge >= 0.3 is 0 Å². The maximum absolute atomic E-state index is 12.6. The Morgan fingerprint density at radius 1 is 1.26 bits per heavy atom. The fraction of sp³-hybridized carbons (Fsp3) is 0.368. The second-order valence-electron chi connectivity index (χ2n) is 6.41. The number of amides is 1. The molecule has 0 aliphatic carbocycles. The summed E-state index contributed by atoms with van der Waals surface area (Å²) in [4.78, 5) is 23.2. The van der Waals surface area contributed by atoms with E-state index in [0.717, 1.165) is 22.5 Å². The van der Waals surface area contributed by atoms with Crippen LogP contribution in [0.5, 0.6) is 0 Å². The minimum absolute atomic E-state index is 0.0669. The second-order valence-corrected chi connectivity index (χ2v) is 7.59. The van der Waals surface area contributed by atoms with Crippen LogP contribution >= 0.6 is 23.4 Å². The third kappa shape index (κ3) is 4.25. The van der Waals surface area contributed by atoms with Gasteiger partial charge in [0.05, 0.1) is 0 Å². The molecule has 0 atom stereocenters. The van der Waals surface area contributed by atoms with Crippen LogP contribution in [0.15, 0.2) is 29.4 Å². The quantitative estimate of drug-likeness (QED) is 0.587. The number of carbonyl (C=O) groups is 1. The van der Waals surface area contributed by atoms with Gasteiger partial charge in [0.2, 0.25) is 11.1 Å². The van der Waals surface area contributed by atoms with Gasteiger partial charge in [-0.05, 0) is 43.7 Å². The Hall–Kier alpha value is -2.12. The number of rotatable bonds is 6. The van der Waals surface area contributed by atoms with Gasteiger partial charge in [0.25, 0.3) is 5.78 Å². The van der Waals surface area contributed by atoms with Crippen LogP contribution in [0.4, 0.5) is 0 Å². The number of halogens is 1. The van der Waals surface area contributed by atoms with E-state index in [4.69, 9.17) is 11.6 Å². The van der Waals surface area contributed by atoms with Gasteiger partial charge in [-0.25, -0.2) is 9.50 Å². The minimum atomic E-state index is 0.0669. The monoisotopic (exact) mass is 403 g/mol. The predicted molar refractivity (Wildman–Crippen MR) is 108 cm³/mol. The van der Waals surface area contributed by atoms with E-state index in [2.05, 4.69) is 15.1 Å². The van der Waals surface area contributed by atoms with Gasteiger partial charge in [0.15, 0.2) is 0 Å². The van der Waals surface area contributed by atoms with E-state index in [1.807, 2.05) is 44.4 Å². The lowest BCUT2D eigenvalue weighted by atomic mass is 10.1. The van der Waals surface area contributed by atoms with Crippen molar-refractivity contribution in [1.29, 1.82) is 0 Å². The zero-order valence-electron chi connectivity index (χ0n) is 15.9. The zero-order valence-corrected chi connectivity index (χ0v) is 17.4. The first kappa shape index (κ1) is 19.6. The van der Waals surface area contributed by atoms with Gasteiger partial charge in [0.1, 0.15) is 0 Å². The van der Waals surface area contributed by atoms with Gasteiger partial charge in [-0.2, -0.15) is 4.98 Å². The van der Waals surface area contributed by atoms with E-state index >= 15 is 0 Å². The molecule has 0 saturated heterocycles. The molecular formula is C19H22ClN5OS. The van der Waals surface area contributed by atoms with Crippen molar-refractivity contribution in [2.45, 2.75) is 38.4 Å². The molecule has 0 saturated carbocycles. The zero-order chi connectivity index (χ0) is 19.6. The molecule has 0 spiro atoms. The summed E-state index contributed by atoms with van der Waals surface area (Å²) < 4.78 is 1.76. The first-order valence-corrected chi connectivity index (χ1v) is 10.2. The van der Waals surface area contributed by atoms with Crippen LogP contribution in [-0.4, -0.2) is 43.7 Å². The highest BCUT2D eigenvalue weighted by Crippen LogP contribution is 2.20. The molecule has 0 bridgehead atoms. The maximum Gasteiger partial charge on any atom is 0.253 e. The Labute approximate surface area is 168 Å². The average Bonchev–Trinajstić information content (AvgIpc) is 3.06. The molecule has 2 heterocycles. The fourth-order valence-electron chi connectivity index (χ4n) is 3.03. The first-order valence-electron chi connectivity index (χ1n) is 8.65. The third-order valence-corrected chi connectivity index (χ3v) is 5.50. The van der Waals surface area contributed by atoms with E-state index in [1.165, 1.54) is 11.8 Å². The predicted octanol–water partition coefficient (Wildman–Crippen LogP) is 3.71. The smallest absolute Gasteiger partial charge is 0.253 e. The fourth-order valence-corrected chi connectivity index (χ4v) is 3.56. The first-order chi connectivity index (χ1) is 12.9. The number of thioether (sulfide) groups is 1. The summed E-state index contributed by atoms with van der Waals surface area (Å²) in [5.41, 5.74) is 3.85. The summed E-state index contributed by atoms with van der Waals surface area (Å²) in [6.45, 7) is 4.44. The highest BCUT2D eigenvalue weighted by molar-refractivity contribution is 7.98. The Bertz CT molecular complexity index is 988. The molecule has 1 amide bonds. The van der Waals surface area contributed by atoms with E-state index in [0.29, 0.717) is 35.3 Å². The third-order valence-electron chi connectivity index (χ3n) is 4.59. The van der Waals surface area contributed by atoms with Crippen LogP contribution in [0.1, 0.15) is 28.9 Å². The molecule has 3 aromatic rings. The Balaban J connectivity index is 1.72. The van der Waals surface area contributed by atoms with Gasteiger partial charge < -0.3 is 4.90 Å². The largest absolute Gasteiger partial charge is 0.341 e. The number of hydrogen-bond donors (Lipinski definition) is 0. The summed E-state index contributed by atoms with van der Waals surface area (Å²) in [5.74, 6) is 0.664. The second kappa shape index (κ2) is 8.27. The average molecular weight is 404 g/mol. The molecule has 0 N–H and O–H groups in total. The van der Waals surface area contributed by atoms with Crippen LogP contribution < -0.4 is 0 Å².